The first-order chi connectivity index (χ1) is 8.84. The molecular weight excluding hydrogens is 281 g/mol. The third-order valence-corrected chi connectivity index (χ3v) is 3.31. The fourth-order valence-corrected chi connectivity index (χ4v) is 2.43. The summed E-state index contributed by atoms with van der Waals surface area (Å²) >= 11 is 5.50. The van der Waals surface area contributed by atoms with E-state index in [1.165, 1.54) is 0 Å². The van der Waals surface area contributed by atoms with Gasteiger partial charge in [-0.05, 0) is 36.8 Å². The molecule has 7 heteroatoms. The van der Waals surface area contributed by atoms with Crippen molar-refractivity contribution in [3.63, 3.8) is 0 Å². The monoisotopic (exact) mass is 294 g/mol. The molecule has 0 amide bonds. The first-order valence-corrected chi connectivity index (χ1v) is 6.51. The summed E-state index contributed by atoms with van der Waals surface area (Å²) in [6.45, 7) is 2.10. The molecule has 0 bridgehead atoms. The molecule has 0 spiro atoms. The fourth-order valence-electron chi connectivity index (χ4n) is 2.26. The van der Waals surface area contributed by atoms with Gasteiger partial charge in [-0.25, -0.2) is 4.98 Å². The van der Waals surface area contributed by atoms with Crippen molar-refractivity contribution in [2.24, 2.45) is 5.92 Å². The number of halogens is 4. The average Bonchev–Trinajstić information content (AvgIpc) is 2.26. The van der Waals surface area contributed by atoms with E-state index in [2.05, 4.69) is 16.9 Å². The van der Waals surface area contributed by atoms with Crippen LogP contribution in [-0.2, 0) is 6.18 Å². The predicted molar refractivity (Wildman–Crippen MR) is 64.1 cm³/mol. The minimum atomic E-state index is -4.55. The van der Waals surface area contributed by atoms with Gasteiger partial charge in [-0.15, -0.1) is 0 Å². The molecule has 3 nitrogen and oxygen atoms in total. The van der Waals surface area contributed by atoms with Crippen molar-refractivity contribution >= 4 is 11.6 Å². The normalized spacial score (nSPS) is 24.3. The molecule has 1 fully saturated rings. The molecule has 0 aliphatic heterocycles. The second-order valence-corrected chi connectivity index (χ2v) is 5.21. The van der Waals surface area contributed by atoms with Crippen LogP contribution in [0.5, 0.6) is 5.88 Å². The molecule has 1 aliphatic rings. The van der Waals surface area contributed by atoms with Crippen LogP contribution < -0.4 is 4.74 Å². The fraction of sp³-hybridized carbons (Fsp3) is 0.667. The number of ether oxygens (including phenoxy) is 1. The second-order valence-electron chi connectivity index (χ2n) is 4.87. The van der Waals surface area contributed by atoms with Crippen LogP contribution in [0.25, 0.3) is 0 Å². The summed E-state index contributed by atoms with van der Waals surface area (Å²) in [7, 11) is 0. The Morgan fingerprint density at radius 3 is 2.68 bits per heavy atom. The van der Waals surface area contributed by atoms with Crippen molar-refractivity contribution in [3.8, 4) is 5.88 Å². The van der Waals surface area contributed by atoms with E-state index in [0.29, 0.717) is 5.92 Å². The van der Waals surface area contributed by atoms with Gasteiger partial charge in [0.1, 0.15) is 6.10 Å². The summed E-state index contributed by atoms with van der Waals surface area (Å²) in [6.07, 6.45) is -0.869. The zero-order valence-electron chi connectivity index (χ0n) is 10.4. The molecule has 0 radical (unpaired) electrons. The summed E-state index contributed by atoms with van der Waals surface area (Å²) in [4.78, 5) is 6.86. The SMILES string of the molecule is CC1CCCC(Oc2cc(C(F)(F)F)nc(Cl)n2)C1. The van der Waals surface area contributed by atoms with E-state index in [9.17, 15) is 13.2 Å². The van der Waals surface area contributed by atoms with E-state index in [1.807, 2.05) is 0 Å². The Balaban J connectivity index is 2.14. The van der Waals surface area contributed by atoms with Gasteiger partial charge >= 0.3 is 6.18 Å². The Bertz CT molecular complexity index is 453. The molecule has 19 heavy (non-hydrogen) atoms. The van der Waals surface area contributed by atoms with Crippen molar-refractivity contribution < 1.29 is 17.9 Å². The third-order valence-electron chi connectivity index (χ3n) is 3.14. The summed E-state index contributed by atoms with van der Waals surface area (Å²) in [5, 5.41) is -0.450. The van der Waals surface area contributed by atoms with Gasteiger partial charge in [-0.1, -0.05) is 13.3 Å². The Morgan fingerprint density at radius 1 is 1.32 bits per heavy atom. The van der Waals surface area contributed by atoms with Crippen LogP contribution in [0.15, 0.2) is 6.07 Å². The number of alkyl halides is 3. The molecule has 0 N–H and O–H groups in total. The third kappa shape index (κ3) is 3.96. The van der Waals surface area contributed by atoms with Crippen LogP contribution in [0.4, 0.5) is 13.2 Å². The lowest BCUT2D eigenvalue weighted by Gasteiger charge is -2.27. The number of rotatable bonds is 2. The van der Waals surface area contributed by atoms with Crippen LogP contribution in [0.1, 0.15) is 38.3 Å². The molecule has 2 atom stereocenters. The number of nitrogens with zero attached hydrogens (tertiary/aromatic N) is 2. The lowest BCUT2D eigenvalue weighted by molar-refractivity contribution is -0.141. The Labute approximate surface area is 114 Å². The van der Waals surface area contributed by atoms with Crippen LogP contribution in [0, 0.1) is 5.92 Å². The number of hydrogen-bond acceptors (Lipinski definition) is 3. The minimum absolute atomic E-state index is 0.101. The van der Waals surface area contributed by atoms with Crippen LogP contribution in [-0.4, -0.2) is 16.1 Å². The predicted octanol–water partition coefficient (Wildman–Crippen LogP) is 4.11. The van der Waals surface area contributed by atoms with Crippen LogP contribution in [0.3, 0.4) is 0 Å². The topological polar surface area (TPSA) is 35.0 Å². The Kier molecular flexibility index (Phi) is 4.18. The van der Waals surface area contributed by atoms with Crippen LogP contribution >= 0.6 is 11.6 Å². The summed E-state index contributed by atoms with van der Waals surface area (Å²) in [5.41, 5.74) is -1.08. The average molecular weight is 295 g/mol. The number of aromatic nitrogens is 2. The molecule has 2 unspecified atom stereocenters. The van der Waals surface area contributed by atoms with E-state index in [1.54, 1.807) is 0 Å². The lowest BCUT2D eigenvalue weighted by atomic mass is 9.89. The van der Waals surface area contributed by atoms with Crippen molar-refractivity contribution in [1.82, 2.24) is 9.97 Å². The largest absolute Gasteiger partial charge is 0.474 e. The van der Waals surface area contributed by atoms with Gasteiger partial charge in [0.2, 0.25) is 11.2 Å². The molecule has 2 rings (SSSR count). The molecule has 1 saturated carbocycles. The van der Waals surface area contributed by atoms with E-state index in [0.717, 1.165) is 31.7 Å². The number of hydrogen-bond donors (Lipinski definition) is 0. The Morgan fingerprint density at radius 2 is 2.05 bits per heavy atom. The first kappa shape index (κ1) is 14.4. The molecule has 1 aromatic heterocycles. The maximum absolute atomic E-state index is 12.6. The van der Waals surface area contributed by atoms with Crippen molar-refractivity contribution in [1.29, 1.82) is 0 Å². The van der Waals surface area contributed by atoms with E-state index in [4.69, 9.17) is 16.3 Å². The first-order valence-electron chi connectivity index (χ1n) is 6.13. The minimum Gasteiger partial charge on any atom is -0.474 e. The zero-order chi connectivity index (χ0) is 14.0. The lowest BCUT2D eigenvalue weighted by Crippen LogP contribution is -2.24. The maximum Gasteiger partial charge on any atom is 0.433 e. The second kappa shape index (κ2) is 5.53. The highest BCUT2D eigenvalue weighted by Gasteiger charge is 2.34. The standard InChI is InChI=1S/C12H14ClF3N2O/c1-7-3-2-4-8(5-7)19-10-6-9(12(14,15)16)17-11(13)18-10/h6-8H,2-5H2,1H3. The quantitative estimate of drug-likeness (QED) is 0.770. The molecule has 106 valence electrons. The maximum atomic E-state index is 12.6. The Hall–Kier alpha value is -1.04. The van der Waals surface area contributed by atoms with E-state index in [-0.39, 0.29) is 12.0 Å². The van der Waals surface area contributed by atoms with Gasteiger partial charge in [0.15, 0.2) is 5.69 Å². The van der Waals surface area contributed by atoms with Crippen molar-refractivity contribution in [3.05, 3.63) is 17.0 Å². The highest BCUT2D eigenvalue weighted by atomic mass is 35.5. The highest BCUT2D eigenvalue weighted by Crippen LogP contribution is 2.32. The molecule has 1 aromatic rings. The summed E-state index contributed by atoms with van der Waals surface area (Å²) in [6, 6.07) is 0.797. The van der Waals surface area contributed by atoms with Gasteiger partial charge in [0.25, 0.3) is 0 Å². The molecule has 1 aliphatic carbocycles. The summed E-state index contributed by atoms with van der Waals surface area (Å²) < 4.78 is 43.3. The van der Waals surface area contributed by atoms with E-state index >= 15 is 0 Å². The zero-order valence-corrected chi connectivity index (χ0v) is 11.1. The van der Waals surface area contributed by atoms with Gasteiger partial charge < -0.3 is 4.74 Å². The molecular formula is C12H14ClF3N2O. The smallest absolute Gasteiger partial charge is 0.433 e. The summed E-state index contributed by atoms with van der Waals surface area (Å²) in [5.74, 6) is 0.407. The van der Waals surface area contributed by atoms with Gasteiger partial charge in [0.05, 0.1) is 0 Å². The highest BCUT2D eigenvalue weighted by molar-refractivity contribution is 6.28. The van der Waals surface area contributed by atoms with Gasteiger partial charge in [-0.2, -0.15) is 18.2 Å². The molecule has 0 aromatic carbocycles. The van der Waals surface area contributed by atoms with Gasteiger partial charge in [-0.3, -0.25) is 0 Å². The van der Waals surface area contributed by atoms with E-state index < -0.39 is 17.2 Å². The van der Waals surface area contributed by atoms with Crippen molar-refractivity contribution in [2.45, 2.75) is 44.9 Å². The van der Waals surface area contributed by atoms with Gasteiger partial charge in [0, 0.05) is 6.07 Å². The molecule has 0 saturated heterocycles. The molecule has 1 heterocycles. The van der Waals surface area contributed by atoms with Crippen LogP contribution in [0.2, 0.25) is 5.28 Å². The van der Waals surface area contributed by atoms with Crippen molar-refractivity contribution in [2.75, 3.05) is 0 Å².